The molecule has 0 unspecified atom stereocenters. The molecule has 0 saturated heterocycles. The fraction of sp³-hybridized carbons (Fsp3) is 0.750. The molecule has 0 heterocycles. The Morgan fingerprint density at radius 1 is 1.33 bits per heavy atom. The van der Waals surface area contributed by atoms with Gasteiger partial charge in [0, 0.05) is 6.42 Å². The van der Waals surface area contributed by atoms with Crippen LogP contribution in [0.15, 0.2) is 0 Å². The summed E-state index contributed by atoms with van der Waals surface area (Å²) in [4.78, 5) is 9.60. The van der Waals surface area contributed by atoms with Crippen molar-refractivity contribution < 1.29 is 4.79 Å². The lowest BCUT2D eigenvalue weighted by Gasteiger charge is -1.97. The number of hydrogen-bond acceptors (Lipinski definition) is 3. The Morgan fingerprint density at radius 3 is 1.89 bits per heavy atom. The van der Waals surface area contributed by atoms with E-state index in [-0.39, 0.29) is 31.0 Å². The third kappa shape index (κ3) is 17.9. The van der Waals surface area contributed by atoms with E-state index < -0.39 is 0 Å². The zero-order valence-electron chi connectivity index (χ0n) is 4.95. The van der Waals surface area contributed by atoms with E-state index in [1.807, 2.05) is 0 Å². The summed E-state index contributed by atoms with van der Waals surface area (Å²) in [5.74, 6) is 0. The maximum absolute atomic E-state index is 9.60. The van der Waals surface area contributed by atoms with Crippen LogP contribution in [-0.2, 0) is 4.79 Å². The van der Waals surface area contributed by atoms with Gasteiger partial charge in [-0.25, -0.2) is 0 Å². The SMILES string of the molecule is Cl.Cl.NC(N)CCC=O. The highest BCUT2D eigenvalue weighted by Gasteiger charge is 1.89. The van der Waals surface area contributed by atoms with Gasteiger partial charge in [0.25, 0.3) is 0 Å². The molecule has 0 fully saturated rings. The molecule has 0 atom stereocenters. The Hall–Kier alpha value is 0.170. The fourth-order valence-corrected chi connectivity index (χ4v) is 0.260. The van der Waals surface area contributed by atoms with Crippen molar-refractivity contribution in [2.45, 2.75) is 19.0 Å². The van der Waals surface area contributed by atoms with Crippen molar-refractivity contribution in [2.24, 2.45) is 11.5 Å². The summed E-state index contributed by atoms with van der Waals surface area (Å²) in [6.07, 6.45) is 1.54. The van der Waals surface area contributed by atoms with Crippen LogP contribution < -0.4 is 11.5 Å². The van der Waals surface area contributed by atoms with Crippen LogP contribution in [0.1, 0.15) is 12.8 Å². The van der Waals surface area contributed by atoms with Crippen molar-refractivity contribution in [3.63, 3.8) is 0 Å². The van der Waals surface area contributed by atoms with Crippen LogP contribution >= 0.6 is 24.8 Å². The summed E-state index contributed by atoms with van der Waals surface area (Å²) < 4.78 is 0. The molecule has 0 aromatic rings. The lowest BCUT2D eigenvalue weighted by atomic mass is 10.3. The first kappa shape index (κ1) is 16.1. The number of nitrogens with two attached hydrogens (primary N) is 2. The van der Waals surface area contributed by atoms with Crippen molar-refractivity contribution in [3.8, 4) is 0 Å². The predicted molar refractivity (Wildman–Crippen MR) is 42.0 cm³/mol. The maximum atomic E-state index is 9.60. The molecule has 0 radical (unpaired) electrons. The second-order valence-electron chi connectivity index (χ2n) is 1.41. The van der Waals surface area contributed by atoms with Crippen LogP contribution in [0.25, 0.3) is 0 Å². The number of aldehydes is 1. The van der Waals surface area contributed by atoms with E-state index in [4.69, 9.17) is 11.5 Å². The minimum atomic E-state index is -0.329. The standard InChI is InChI=1S/C4H10N2O.2ClH/c5-4(6)2-1-3-7;;/h3-4H,1-2,5-6H2;2*1H. The van der Waals surface area contributed by atoms with E-state index in [0.29, 0.717) is 12.8 Å². The highest BCUT2D eigenvalue weighted by Crippen LogP contribution is 1.81. The summed E-state index contributed by atoms with van der Waals surface area (Å²) in [6, 6.07) is 0. The Balaban J connectivity index is -0.000000180. The van der Waals surface area contributed by atoms with E-state index in [9.17, 15) is 4.79 Å². The quantitative estimate of drug-likeness (QED) is 0.470. The molecule has 0 rings (SSSR count). The molecule has 0 saturated carbocycles. The summed E-state index contributed by atoms with van der Waals surface area (Å²) in [6.45, 7) is 0. The molecule has 4 N–H and O–H groups in total. The lowest BCUT2D eigenvalue weighted by molar-refractivity contribution is -0.108. The van der Waals surface area contributed by atoms with Crippen LogP contribution in [-0.4, -0.2) is 12.5 Å². The van der Waals surface area contributed by atoms with Gasteiger partial charge < -0.3 is 16.3 Å². The first-order chi connectivity index (χ1) is 3.27. The number of hydrogen-bond donors (Lipinski definition) is 2. The summed E-state index contributed by atoms with van der Waals surface area (Å²) >= 11 is 0. The first-order valence-electron chi connectivity index (χ1n) is 2.22. The second kappa shape index (κ2) is 11.0. The van der Waals surface area contributed by atoms with Crippen molar-refractivity contribution in [2.75, 3.05) is 0 Å². The summed E-state index contributed by atoms with van der Waals surface area (Å²) in [7, 11) is 0. The largest absolute Gasteiger partial charge is 0.316 e. The fourth-order valence-electron chi connectivity index (χ4n) is 0.260. The molecule has 0 bridgehead atoms. The van der Waals surface area contributed by atoms with Crippen LogP contribution in [0.4, 0.5) is 0 Å². The van der Waals surface area contributed by atoms with Gasteiger partial charge in [-0.2, -0.15) is 0 Å². The molecule has 0 spiro atoms. The Kier molecular flexibility index (Phi) is 19.7. The van der Waals surface area contributed by atoms with Crippen LogP contribution in [0.2, 0.25) is 0 Å². The second-order valence-corrected chi connectivity index (χ2v) is 1.41. The molecule has 0 aliphatic carbocycles. The maximum Gasteiger partial charge on any atom is 0.120 e. The minimum Gasteiger partial charge on any atom is -0.316 e. The molecular formula is C4H12Cl2N2O. The monoisotopic (exact) mass is 174 g/mol. The van der Waals surface area contributed by atoms with Crippen LogP contribution in [0.3, 0.4) is 0 Å². The summed E-state index contributed by atoms with van der Waals surface area (Å²) in [5, 5.41) is 0. The molecule has 0 aliphatic rings. The average Bonchev–Trinajstić information content (AvgIpc) is 1.61. The van der Waals surface area contributed by atoms with E-state index in [1.54, 1.807) is 0 Å². The van der Waals surface area contributed by atoms with Crippen molar-refractivity contribution >= 4 is 31.1 Å². The van der Waals surface area contributed by atoms with Crippen molar-refractivity contribution in [1.82, 2.24) is 0 Å². The number of carbonyl (C=O) groups excluding carboxylic acids is 1. The van der Waals surface area contributed by atoms with Gasteiger partial charge >= 0.3 is 0 Å². The molecular weight excluding hydrogens is 163 g/mol. The third-order valence-corrected chi connectivity index (χ3v) is 0.618. The zero-order valence-corrected chi connectivity index (χ0v) is 6.58. The van der Waals surface area contributed by atoms with E-state index in [1.165, 1.54) is 0 Å². The van der Waals surface area contributed by atoms with Gasteiger partial charge in [-0.15, -0.1) is 24.8 Å². The average molecular weight is 175 g/mol. The normalized spacial score (nSPS) is 7.44. The molecule has 3 nitrogen and oxygen atoms in total. The third-order valence-electron chi connectivity index (χ3n) is 0.618. The van der Waals surface area contributed by atoms with E-state index >= 15 is 0 Å². The van der Waals surface area contributed by atoms with E-state index in [0.717, 1.165) is 6.29 Å². The highest BCUT2D eigenvalue weighted by atomic mass is 35.5. The number of carbonyl (C=O) groups is 1. The van der Waals surface area contributed by atoms with E-state index in [2.05, 4.69) is 0 Å². The highest BCUT2D eigenvalue weighted by molar-refractivity contribution is 5.85. The topological polar surface area (TPSA) is 69.1 Å². The first-order valence-corrected chi connectivity index (χ1v) is 2.22. The Morgan fingerprint density at radius 2 is 1.78 bits per heavy atom. The zero-order chi connectivity index (χ0) is 5.70. The summed E-state index contributed by atoms with van der Waals surface area (Å²) in [5.41, 5.74) is 10.2. The minimum absolute atomic E-state index is 0. The number of rotatable bonds is 3. The molecule has 0 aromatic heterocycles. The van der Waals surface area contributed by atoms with Gasteiger partial charge in [0.05, 0.1) is 6.17 Å². The lowest BCUT2D eigenvalue weighted by Crippen LogP contribution is -2.29. The Labute approximate surface area is 67.0 Å². The molecule has 0 aliphatic heterocycles. The van der Waals surface area contributed by atoms with Crippen molar-refractivity contribution in [3.05, 3.63) is 0 Å². The van der Waals surface area contributed by atoms with Gasteiger partial charge in [0.2, 0.25) is 0 Å². The van der Waals surface area contributed by atoms with Crippen LogP contribution in [0, 0.1) is 0 Å². The van der Waals surface area contributed by atoms with Crippen molar-refractivity contribution in [1.29, 1.82) is 0 Å². The van der Waals surface area contributed by atoms with Crippen LogP contribution in [0.5, 0.6) is 0 Å². The molecule has 0 aromatic carbocycles. The van der Waals surface area contributed by atoms with Gasteiger partial charge in [0.15, 0.2) is 0 Å². The van der Waals surface area contributed by atoms with Gasteiger partial charge in [-0.1, -0.05) is 0 Å². The van der Waals surface area contributed by atoms with Gasteiger partial charge in [-0.05, 0) is 6.42 Å². The molecule has 58 valence electrons. The molecule has 9 heavy (non-hydrogen) atoms. The van der Waals surface area contributed by atoms with Gasteiger partial charge in [-0.3, -0.25) is 0 Å². The Bertz CT molecular complexity index is 60.5. The smallest absolute Gasteiger partial charge is 0.120 e. The van der Waals surface area contributed by atoms with Gasteiger partial charge in [0.1, 0.15) is 6.29 Å². The molecule has 5 heteroatoms. The predicted octanol–water partition coefficient (Wildman–Crippen LogP) is 0.0526. The number of halogens is 2. The molecule has 0 amide bonds.